The molecule has 25 heteroatoms. The Labute approximate surface area is 513 Å². The van der Waals surface area contributed by atoms with Crippen molar-refractivity contribution in [2.45, 2.75) is 41.5 Å². The second-order valence-electron chi connectivity index (χ2n) is 17.3. The normalized spacial score (nSPS) is 10.1. The van der Waals surface area contributed by atoms with Crippen LogP contribution in [-0.4, -0.2) is 133 Å². The van der Waals surface area contributed by atoms with E-state index in [2.05, 4.69) is 67.7 Å². The summed E-state index contributed by atoms with van der Waals surface area (Å²) in [7, 11) is 0. The van der Waals surface area contributed by atoms with Gasteiger partial charge in [-0.1, -0.05) is 18.2 Å². The molecule has 0 aliphatic heterocycles. The average Bonchev–Trinajstić information content (AvgIpc) is 3.68. The standard InChI is InChI=1S/C13H14N2O.C12H12N2O.C11H6FN3O.C11H9FN2O.C10H6F2N2O.5Al.5H/c1-8-4-9(2)13(15-6-8)11-7-14-10(3)5-12(11)16;1-8-4-3-5-13-12(8)10-7-14-9(2)6-11(10)15;1-13-8-4-7(12)5-10(16)11(8)9-6-14-2-3-15-9;1-7-2-3-9(13-5-7)11-10(15)4-8(12)6-14-11;11-6-4-7(12)9(8(15)5-6)10-13-2-1-3-14-10;;;;;;;;;;/h4-7H,1-3H3,(H,14,16);3-7H,1-2H3,(H,14,15);2-6,16H;2-6,15H,1H3;1-5,15H;;;;;;;;;;/q;;;;;5*+1;;;;;/p-5. The van der Waals surface area contributed by atoms with E-state index >= 15 is 0 Å². The number of nitrogens with zero attached hydrogens (tertiary/aromatic N) is 11. The fourth-order valence-corrected chi connectivity index (χ4v) is 8.68. The molecule has 82 heavy (non-hydrogen) atoms. The van der Waals surface area contributed by atoms with Crippen molar-refractivity contribution in [1.82, 2.24) is 49.8 Å². The minimum absolute atomic E-state index is 0.0667. The molecule has 0 N–H and O–H groups in total. The molecule has 2 aromatic carbocycles. The zero-order valence-electron chi connectivity index (χ0n) is 45.4. The monoisotopic (exact) mass is 1180 g/mol. The van der Waals surface area contributed by atoms with Crippen molar-refractivity contribution in [1.29, 1.82) is 0 Å². The van der Waals surface area contributed by atoms with Gasteiger partial charge in [0.1, 0.15) is 34.7 Å². The third-order valence-electron chi connectivity index (χ3n) is 11.3. The first kappa shape index (κ1) is 63.6. The van der Waals surface area contributed by atoms with E-state index in [4.69, 9.17) is 25.5 Å². The van der Waals surface area contributed by atoms with Gasteiger partial charge in [-0.05, 0) is 100 Å². The van der Waals surface area contributed by atoms with Crippen LogP contribution < -0.4 is 18.9 Å². The molecular weight excluding hydrogens is 1130 g/mol. The zero-order chi connectivity index (χ0) is 59.3. The first-order valence-corrected chi connectivity index (χ1v) is 27.1. The Bertz CT molecular complexity index is 3810. The molecule has 0 atom stereocenters. The third-order valence-corrected chi connectivity index (χ3v) is 12.8. The Morgan fingerprint density at radius 2 is 0.976 bits per heavy atom. The Morgan fingerprint density at radius 1 is 0.415 bits per heavy atom. The first-order chi connectivity index (χ1) is 39.5. The van der Waals surface area contributed by atoms with E-state index in [9.17, 15) is 17.6 Å². The minimum Gasteiger partial charge on any atom is -0.651 e. The largest absolute Gasteiger partial charge is 0.651 e. The number of halogens is 4. The molecule has 0 fully saturated rings. The summed E-state index contributed by atoms with van der Waals surface area (Å²) in [5.74, 6) is 0.227. The third kappa shape index (κ3) is 17.4. The summed E-state index contributed by atoms with van der Waals surface area (Å²) in [6.45, 7) is 19.0. The van der Waals surface area contributed by atoms with Gasteiger partial charge in [-0.2, -0.15) is 0 Å². The number of hydrogen-bond donors (Lipinski definition) is 0. The summed E-state index contributed by atoms with van der Waals surface area (Å²) in [6, 6.07) is 20.9. The number of rotatable bonds is 10. The SMILES string of the molecule is Cc1cc([O][AlH])c(-c2ncccc2C)cn1.Cc1ccc(-c2ncc(F)cc2[O][AlH])nc1.Cc1cnc(-c2cnc(C)cc2[O][AlH])c(C)c1.Fc1cc(F)c(-c2ncccn2)c([O][AlH])c1.[C-]#[N+]c1cc(F)cc([O][AlH])c1-c1cnccn1. The summed E-state index contributed by atoms with van der Waals surface area (Å²) < 4.78 is 78.7. The zero-order valence-corrected chi connectivity index (χ0v) is 52.4. The molecule has 0 saturated heterocycles. The van der Waals surface area contributed by atoms with Crippen molar-refractivity contribution in [2.24, 2.45) is 0 Å². The van der Waals surface area contributed by atoms with Gasteiger partial charge in [0.2, 0.25) is 5.69 Å². The van der Waals surface area contributed by atoms with Gasteiger partial charge in [0.05, 0.1) is 81.4 Å². The summed E-state index contributed by atoms with van der Waals surface area (Å²) >= 11 is 6.56. The quantitative estimate of drug-likeness (QED) is 0.0717. The van der Waals surface area contributed by atoms with Crippen LogP contribution in [0, 0.1) is 71.4 Å². The van der Waals surface area contributed by atoms with Gasteiger partial charge in [0.25, 0.3) is 0 Å². The average molecular weight is 1180 g/mol. The van der Waals surface area contributed by atoms with Crippen LogP contribution in [0.3, 0.4) is 0 Å². The van der Waals surface area contributed by atoms with Gasteiger partial charge in [-0.15, -0.1) is 0 Å². The highest BCUT2D eigenvalue weighted by atomic mass is 27.1. The van der Waals surface area contributed by atoms with E-state index < -0.39 is 23.3 Å². The lowest BCUT2D eigenvalue weighted by atomic mass is 10.1. The van der Waals surface area contributed by atoms with Crippen molar-refractivity contribution >= 4 is 88.8 Å². The Balaban J connectivity index is 0.000000165. The summed E-state index contributed by atoms with van der Waals surface area (Å²) in [5.41, 5.74) is 12.5. The molecule has 0 amide bonds. The van der Waals surface area contributed by atoms with Crippen LogP contribution >= 0.6 is 0 Å². The summed E-state index contributed by atoms with van der Waals surface area (Å²) in [6.07, 6.45) is 17.7. The predicted molar refractivity (Wildman–Crippen MR) is 311 cm³/mol. The maximum atomic E-state index is 13.6. The van der Waals surface area contributed by atoms with E-state index in [0.717, 1.165) is 109 Å². The molecule has 0 saturated carbocycles. The number of benzene rings is 2. The molecule has 10 rings (SSSR count). The molecule has 16 nitrogen and oxygen atoms in total. The molecule has 0 spiro atoms. The van der Waals surface area contributed by atoms with E-state index in [-0.39, 0.29) is 28.6 Å². The maximum absolute atomic E-state index is 13.6. The number of aryl methyl sites for hydroxylation is 6. The molecule has 8 heterocycles. The smallest absolute Gasteiger partial charge is 0.494 e. The molecule has 0 aliphatic carbocycles. The van der Waals surface area contributed by atoms with Crippen LogP contribution in [0.5, 0.6) is 28.7 Å². The van der Waals surface area contributed by atoms with Crippen molar-refractivity contribution in [3.8, 4) is 85.3 Å². The van der Waals surface area contributed by atoms with E-state index in [0.29, 0.717) is 28.4 Å². The van der Waals surface area contributed by atoms with Crippen molar-refractivity contribution in [3.05, 3.63) is 215 Å². The molecule has 0 aliphatic rings. The van der Waals surface area contributed by atoms with Crippen LogP contribution in [0.15, 0.2) is 147 Å². The lowest BCUT2D eigenvalue weighted by molar-refractivity contribution is 0.553. The van der Waals surface area contributed by atoms with Gasteiger partial charge < -0.3 is 18.9 Å². The molecular formula is C57H47Al5F4N11O5. The van der Waals surface area contributed by atoms with Crippen LogP contribution in [0.1, 0.15) is 33.6 Å². The van der Waals surface area contributed by atoms with Gasteiger partial charge >= 0.3 is 83.1 Å². The van der Waals surface area contributed by atoms with Crippen molar-refractivity contribution < 1.29 is 36.5 Å². The number of aromatic nitrogens is 10. The number of pyridine rings is 6. The summed E-state index contributed by atoms with van der Waals surface area (Å²) in [4.78, 5) is 44.7. The van der Waals surface area contributed by atoms with E-state index in [1.165, 1.54) is 110 Å². The molecule has 5 radical (unpaired) electrons. The van der Waals surface area contributed by atoms with Gasteiger partial charge in [-0.25, -0.2) is 37.4 Å². The molecule has 8 aromatic heterocycles. The van der Waals surface area contributed by atoms with Gasteiger partial charge in [0, 0.05) is 97.0 Å². The lowest BCUT2D eigenvalue weighted by Gasteiger charge is -2.12. The number of hydrogen-bond acceptors (Lipinski definition) is 15. The Hall–Kier alpha value is -7.63. The van der Waals surface area contributed by atoms with Gasteiger partial charge in [0.15, 0.2) is 5.82 Å². The highest BCUT2D eigenvalue weighted by molar-refractivity contribution is 6.02. The predicted octanol–water partition coefficient (Wildman–Crippen LogP) is 9.65. The van der Waals surface area contributed by atoms with E-state index in [1.807, 2.05) is 89.6 Å². The fraction of sp³-hybridized carbons (Fsp3) is 0.105. The van der Waals surface area contributed by atoms with E-state index in [1.54, 1.807) is 18.5 Å². The second-order valence-corrected chi connectivity index (χ2v) is 18.7. The van der Waals surface area contributed by atoms with Gasteiger partial charge in [-0.3, -0.25) is 34.9 Å². The lowest BCUT2D eigenvalue weighted by Crippen LogP contribution is -1.97. The Kier molecular flexibility index (Phi) is 24.5. The first-order valence-electron chi connectivity index (χ1n) is 24.2. The summed E-state index contributed by atoms with van der Waals surface area (Å²) in [5, 5.41) is 0. The van der Waals surface area contributed by atoms with Crippen molar-refractivity contribution in [3.63, 3.8) is 0 Å². The van der Waals surface area contributed by atoms with Crippen LogP contribution in [-0.2, 0) is 0 Å². The van der Waals surface area contributed by atoms with Crippen LogP contribution in [0.2, 0.25) is 0 Å². The van der Waals surface area contributed by atoms with Crippen LogP contribution in [0.25, 0.3) is 61.4 Å². The molecule has 0 unspecified atom stereocenters. The molecule has 0 bridgehead atoms. The molecule has 403 valence electrons. The topological polar surface area (TPSA) is 179 Å². The minimum atomic E-state index is -0.743. The van der Waals surface area contributed by atoms with Crippen molar-refractivity contribution in [2.75, 3.05) is 0 Å². The molecule has 10 aromatic rings. The Morgan fingerprint density at radius 3 is 1.52 bits per heavy atom. The maximum Gasteiger partial charge on any atom is 0.494 e. The fourth-order valence-electron chi connectivity index (χ4n) is 7.52. The highest BCUT2D eigenvalue weighted by Crippen LogP contribution is 2.38. The van der Waals surface area contributed by atoms with Crippen LogP contribution in [0.4, 0.5) is 23.2 Å². The highest BCUT2D eigenvalue weighted by Gasteiger charge is 2.17. The second kappa shape index (κ2) is 31.5.